The fourth-order valence-corrected chi connectivity index (χ4v) is 4.66. The van der Waals surface area contributed by atoms with Crippen molar-refractivity contribution in [3.05, 3.63) is 83.2 Å². The van der Waals surface area contributed by atoms with Gasteiger partial charge in [0.1, 0.15) is 0 Å². The van der Waals surface area contributed by atoms with Crippen molar-refractivity contribution in [3.63, 3.8) is 0 Å². The van der Waals surface area contributed by atoms with Crippen molar-refractivity contribution in [1.29, 1.82) is 0 Å². The first-order valence-corrected chi connectivity index (χ1v) is 10.7. The molecule has 0 bridgehead atoms. The number of aryl methyl sites for hydroxylation is 1. The highest BCUT2D eigenvalue weighted by molar-refractivity contribution is 5.98. The number of rotatable bonds is 3. The van der Waals surface area contributed by atoms with Crippen LogP contribution in [-0.4, -0.2) is 41.9 Å². The Hall–Kier alpha value is -3.21. The Kier molecular flexibility index (Phi) is 4.95. The Labute approximate surface area is 177 Å². The number of Topliss-reactive ketones (excluding diaryl/α,β-unsaturated/α-hetero) is 1. The molecule has 0 saturated carbocycles. The van der Waals surface area contributed by atoms with Crippen LogP contribution < -0.4 is 9.80 Å². The molecule has 1 atom stereocenters. The van der Waals surface area contributed by atoms with Gasteiger partial charge in [-0.1, -0.05) is 42.5 Å². The van der Waals surface area contributed by atoms with Gasteiger partial charge in [-0.05, 0) is 42.5 Å². The van der Waals surface area contributed by atoms with Gasteiger partial charge in [0.25, 0.3) is 0 Å². The molecule has 1 aliphatic carbocycles. The Morgan fingerprint density at radius 3 is 2.33 bits per heavy atom. The minimum absolute atomic E-state index is 0.157. The molecule has 5 nitrogen and oxygen atoms in total. The lowest BCUT2D eigenvalue weighted by atomic mass is 9.81. The largest absolute Gasteiger partial charge is 0.368 e. The van der Waals surface area contributed by atoms with E-state index in [-0.39, 0.29) is 11.7 Å². The van der Waals surface area contributed by atoms with Crippen LogP contribution in [0.5, 0.6) is 0 Å². The molecular weight excluding hydrogens is 372 g/mol. The van der Waals surface area contributed by atoms with Crippen LogP contribution >= 0.6 is 0 Å². The molecule has 1 aliphatic heterocycles. The van der Waals surface area contributed by atoms with Gasteiger partial charge in [0.15, 0.2) is 5.78 Å². The summed E-state index contributed by atoms with van der Waals surface area (Å²) in [5, 5.41) is 0. The predicted octanol–water partition coefficient (Wildman–Crippen LogP) is 4.02. The molecule has 1 saturated heterocycles. The van der Waals surface area contributed by atoms with Crippen LogP contribution in [0.3, 0.4) is 0 Å². The van der Waals surface area contributed by atoms with Crippen LogP contribution in [0.15, 0.2) is 60.8 Å². The topological polar surface area (TPSA) is 49.3 Å². The third-order valence-electron chi connectivity index (χ3n) is 6.34. The average Bonchev–Trinajstić information content (AvgIpc) is 2.80. The standard InChI is InChI=1S/C25H26N4O/c1-18-7-5-6-10-21(18)19-15-23-22(24(30)16-19)17-26-25(27-23)29-13-11-28(12-14-29)20-8-3-2-4-9-20/h2-10,17,19H,11-16H2,1H3/t19-/m1/s1. The van der Waals surface area contributed by atoms with E-state index in [1.165, 1.54) is 16.8 Å². The highest BCUT2D eigenvalue weighted by atomic mass is 16.1. The SMILES string of the molecule is Cc1ccccc1[C@H]1CC(=O)c2cnc(N3CCN(c4ccccc4)CC3)nc2C1. The zero-order valence-electron chi connectivity index (χ0n) is 17.3. The van der Waals surface area contributed by atoms with Crippen LogP contribution in [0, 0.1) is 6.92 Å². The number of carbonyl (C=O) groups excluding carboxylic acids is 1. The Balaban J connectivity index is 1.34. The molecule has 1 aromatic heterocycles. The Bertz CT molecular complexity index is 1060. The first kappa shape index (κ1) is 18.8. The maximum atomic E-state index is 12.8. The summed E-state index contributed by atoms with van der Waals surface area (Å²) in [6.07, 6.45) is 3.08. The van der Waals surface area contributed by atoms with Gasteiger partial charge in [-0.25, -0.2) is 9.97 Å². The number of para-hydroxylation sites is 1. The number of hydrogen-bond acceptors (Lipinski definition) is 5. The summed E-state index contributed by atoms with van der Waals surface area (Å²) in [5.41, 5.74) is 5.36. The van der Waals surface area contributed by atoms with E-state index in [1.54, 1.807) is 6.20 Å². The van der Waals surface area contributed by atoms with E-state index in [0.717, 1.165) is 44.2 Å². The van der Waals surface area contributed by atoms with Crippen molar-refractivity contribution in [1.82, 2.24) is 9.97 Å². The quantitative estimate of drug-likeness (QED) is 0.667. The lowest BCUT2D eigenvalue weighted by Crippen LogP contribution is -2.47. The maximum absolute atomic E-state index is 12.8. The second-order valence-corrected chi connectivity index (χ2v) is 8.22. The normalized spacial score (nSPS) is 19.0. The van der Waals surface area contributed by atoms with Gasteiger partial charge < -0.3 is 9.80 Å². The van der Waals surface area contributed by atoms with E-state index in [4.69, 9.17) is 4.98 Å². The van der Waals surface area contributed by atoms with E-state index in [0.29, 0.717) is 12.0 Å². The molecule has 2 aliphatic rings. The maximum Gasteiger partial charge on any atom is 0.225 e. The smallest absolute Gasteiger partial charge is 0.225 e. The summed E-state index contributed by atoms with van der Waals surface area (Å²) in [5.74, 6) is 1.11. The highest BCUT2D eigenvalue weighted by Crippen LogP contribution is 2.33. The first-order valence-electron chi connectivity index (χ1n) is 10.7. The van der Waals surface area contributed by atoms with Crippen molar-refractivity contribution >= 4 is 17.4 Å². The van der Waals surface area contributed by atoms with Crippen LogP contribution in [0.2, 0.25) is 0 Å². The van der Waals surface area contributed by atoms with Crippen LogP contribution in [0.25, 0.3) is 0 Å². The molecule has 2 heterocycles. The number of ketones is 1. The number of fused-ring (bicyclic) bond motifs is 1. The third kappa shape index (κ3) is 3.56. The Morgan fingerprint density at radius 2 is 1.57 bits per heavy atom. The number of piperazine rings is 1. The number of benzene rings is 2. The van der Waals surface area contributed by atoms with Crippen LogP contribution in [0.4, 0.5) is 11.6 Å². The lowest BCUT2D eigenvalue weighted by Gasteiger charge is -2.36. The van der Waals surface area contributed by atoms with Gasteiger partial charge in [-0.3, -0.25) is 4.79 Å². The van der Waals surface area contributed by atoms with Crippen molar-refractivity contribution in [2.45, 2.75) is 25.7 Å². The van der Waals surface area contributed by atoms with Gasteiger partial charge >= 0.3 is 0 Å². The predicted molar refractivity (Wildman–Crippen MR) is 119 cm³/mol. The van der Waals surface area contributed by atoms with E-state index >= 15 is 0 Å². The molecule has 5 heteroatoms. The van der Waals surface area contributed by atoms with E-state index < -0.39 is 0 Å². The average molecular weight is 399 g/mol. The second-order valence-electron chi connectivity index (χ2n) is 8.22. The van der Waals surface area contributed by atoms with Crippen LogP contribution in [-0.2, 0) is 6.42 Å². The molecule has 0 spiro atoms. The molecule has 0 amide bonds. The van der Waals surface area contributed by atoms with Gasteiger partial charge in [0.2, 0.25) is 5.95 Å². The number of carbonyl (C=O) groups is 1. The molecule has 5 rings (SSSR count). The van der Waals surface area contributed by atoms with Gasteiger partial charge in [0.05, 0.1) is 11.3 Å². The second kappa shape index (κ2) is 7.90. The Morgan fingerprint density at radius 1 is 0.867 bits per heavy atom. The number of aromatic nitrogens is 2. The molecule has 30 heavy (non-hydrogen) atoms. The summed E-state index contributed by atoms with van der Waals surface area (Å²) in [6, 6.07) is 18.9. The molecule has 2 aromatic carbocycles. The minimum atomic E-state index is 0.157. The molecule has 0 radical (unpaired) electrons. The molecular formula is C25H26N4O. The number of nitrogens with zero attached hydrogens (tertiary/aromatic N) is 4. The van der Waals surface area contributed by atoms with Crippen molar-refractivity contribution in [2.75, 3.05) is 36.0 Å². The molecule has 152 valence electrons. The lowest BCUT2D eigenvalue weighted by molar-refractivity contribution is 0.0962. The van der Waals surface area contributed by atoms with Crippen molar-refractivity contribution in [2.24, 2.45) is 0 Å². The summed E-state index contributed by atoms with van der Waals surface area (Å²) >= 11 is 0. The molecule has 0 N–H and O–H groups in total. The van der Waals surface area contributed by atoms with Gasteiger partial charge in [0, 0.05) is 44.5 Å². The summed E-state index contributed by atoms with van der Waals surface area (Å²) in [4.78, 5) is 26.8. The third-order valence-corrected chi connectivity index (χ3v) is 6.34. The number of anilines is 2. The monoisotopic (exact) mass is 398 g/mol. The summed E-state index contributed by atoms with van der Waals surface area (Å²) in [7, 11) is 0. The molecule has 0 unspecified atom stereocenters. The first-order chi connectivity index (χ1) is 14.7. The van der Waals surface area contributed by atoms with Gasteiger partial charge in [-0.2, -0.15) is 0 Å². The fourth-order valence-electron chi connectivity index (χ4n) is 4.66. The van der Waals surface area contributed by atoms with Crippen molar-refractivity contribution in [3.8, 4) is 0 Å². The summed E-state index contributed by atoms with van der Waals surface area (Å²) < 4.78 is 0. The zero-order chi connectivity index (χ0) is 20.5. The van der Waals surface area contributed by atoms with Crippen molar-refractivity contribution < 1.29 is 4.79 Å². The minimum Gasteiger partial charge on any atom is -0.368 e. The van der Waals surface area contributed by atoms with E-state index in [1.807, 2.05) is 12.1 Å². The zero-order valence-corrected chi connectivity index (χ0v) is 17.3. The van der Waals surface area contributed by atoms with Crippen LogP contribution in [0.1, 0.15) is 39.5 Å². The summed E-state index contributed by atoms with van der Waals surface area (Å²) in [6.45, 7) is 5.75. The number of hydrogen-bond donors (Lipinski definition) is 0. The van der Waals surface area contributed by atoms with E-state index in [9.17, 15) is 4.79 Å². The van der Waals surface area contributed by atoms with E-state index in [2.05, 4.69) is 64.2 Å². The van der Waals surface area contributed by atoms with Gasteiger partial charge in [-0.15, -0.1) is 0 Å². The molecule has 1 fully saturated rings. The fraction of sp³-hybridized carbons (Fsp3) is 0.320. The highest BCUT2D eigenvalue weighted by Gasteiger charge is 2.29. The molecule has 3 aromatic rings.